The number of fused-ring (bicyclic) bond motifs is 4. The third-order valence-corrected chi connectivity index (χ3v) is 5.90. The quantitative estimate of drug-likeness (QED) is 0.560. The summed E-state index contributed by atoms with van der Waals surface area (Å²) in [4.78, 5) is 28.4. The van der Waals surface area contributed by atoms with Gasteiger partial charge in [0.05, 0.1) is 16.9 Å². The van der Waals surface area contributed by atoms with Crippen LogP contribution >= 0.6 is 0 Å². The first-order chi connectivity index (χ1) is 13.3. The summed E-state index contributed by atoms with van der Waals surface area (Å²) in [6.07, 6.45) is 6.68. The summed E-state index contributed by atoms with van der Waals surface area (Å²) in [5.41, 5.74) is 2.70. The molecule has 0 spiro atoms. The molecule has 27 heavy (non-hydrogen) atoms. The van der Waals surface area contributed by atoms with Gasteiger partial charge >= 0.3 is 0 Å². The van der Waals surface area contributed by atoms with E-state index in [2.05, 4.69) is 9.47 Å². The van der Waals surface area contributed by atoms with Crippen molar-refractivity contribution in [2.24, 2.45) is 0 Å². The molecule has 138 valence electrons. The zero-order valence-electron chi connectivity index (χ0n) is 15.4. The van der Waals surface area contributed by atoms with E-state index in [0.717, 1.165) is 36.4 Å². The number of aromatic nitrogens is 2. The van der Waals surface area contributed by atoms with Crippen molar-refractivity contribution in [1.82, 2.24) is 14.0 Å². The summed E-state index contributed by atoms with van der Waals surface area (Å²) >= 11 is 0. The smallest absolute Gasteiger partial charge is 0.268 e. The van der Waals surface area contributed by atoms with Gasteiger partial charge in [0.15, 0.2) is 0 Å². The van der Waals surface area contributed by atoms with Gasteiger partial charge < -0.3 is 9.47 Å². The fourth-order valence-corrected chi connectivity index (χ4v) is 4.60. The maximum atomic E-state index is 13.0. The Bertz CT molecular complexity index is 1090. The second-order valence-electron chi connectivity index (χ2n) is 7.55. The number of nitrogens with zero attached hydrogens (tertiary/aromatic N) is 3. The minimum atomic E-state index is -0.203. The molecule has 0 radical (unpaired) electrons. The highest BCUT2D eigenvalue weighted by molar-refractivity contribution is 6.10. The minimum absolute atomic E-state index is 0.151. The highest BCUT2D eigenvalue weighted by Gasteiger charge is 2.32. The number of benzene rings is 1. The van der Waals surface area contributed by atoms with Crippen LogP contribution in [0.1, 0.15) is 36.0 Å². The van der Waals surface area contributed by atoms with Gasteiger partial charge in [-0.3, -0.25) is 14.2 Å². The molecule has 2 aromatic heterocycles. The van der Waals surface area contributed by atoms with Crippen molar-refractivity contribution >= 4 is 16.8 Å². The molecule has 0 aliphatic carbocycles. The topological polar surface area (TPSA) is 47.2 Å². The molecule has 0 bridgehead atoms. The Labute approximate surface area is 157 Å². The van der Waals surface area contributed by atoms with Crippen LogP contribution < -0.4 is 5.43 Å². The van der Waals surface area contributed by atoms with Crippen LogP contribution in [-0.2, 0) is 6.54 Å². The van der Waals surface area contributed by atoms with Crippen molar-refractivity contribution in [2.45, 2.75) is 32.2 Å². The SMILES string of the molecule is O=C1c2c(n(CCCN3CCCCC3)c3ccccc3c2=O)-c2cccn21. The summed E-state index contributed by atoms with van der Waals surface area (Å²) in [6.45, 7) is 4.23. The first-order valence-corrected chi connectivity index (χ1v) is 9.86. The van der Waals surface area contributed by atoms with Gasteiger partial charge in [-0.15, -0.1) is 0 Å². The number of pyridine rings is 1. The number of piperidine rings is 1. The van der Waals surface area contributed by atoms with Gasteiger partial charge in [0.1, 0.15) is 5.56 Å². The van der Waals surface area contributed by atoms with Crippen LogP contribution in [0, 0.1) is 0 Å². The Morgan fingerprint density at radius 2 is 1.70 bits per heavy atom. The van der Waals surface area contributed by atoms with E-state index in [4.69, 9.17) is 0 Å². The number of carbonyl (C=O) groups is 1. The van der Waals surface area contributed by atoms with Gasteiger partial charge in [-0.1, -0.05) is 18.6 Å². The Kier molecular flexibility index (Phi) is 3.97. The Hall–Kier alpha value is -2.66. The van der Waals surface area contributed by atoms with Crippen molar-refractivity contribution in [3.63, 3.8) is 0 Å². The van der Waals surface area contributed by atoms with Crippen LogP contribution in [0.25, 0.3) is 22.3 Å². The number of carbonyl (C=O) groups excluding carboxylic acids is 1. The molecule has 4 heterocycles. The lowest BCUT2D eigenvalue weighted by molar-refractivity contribution is 0.0968. The Morgan fingerprint density at radius 3 is 2.56 bits per heavy atom. The molecule has 0 saturated carbocycles. The molecule has 5 rings (SSSR count). The standard InChI is InChI=1S/C22H23N3O2/c26-21-16-8-2-3-9-17(16)24(15-7-13-23-11-4-1-5-12-23)20-18-10-6-14-25(18)22(27)19(20)21/h2-3,6,8-10,14H,1,4-5,7,11-13,15H2. The highest BCUT2D eigenvalue weighted by Crippen LogP contribution is 2.33. The summed E-state index contributed by atoms with van der Waals surface area (Å²) in [5.74, 6) is -0.203. The molecule has 1 fully saturated rings. The molecule has 5 heteroatoms. The molecular weight excluding hydrogens is 338 g/mol. The summed E-state index contributed by atoms with van der Waals surface area (Å²) < 4.78 is 3.79. The number of aryl methyl sites for hydroxylation is 1. The van der Waals surface area contributed by atoms with Gasteiger partial charge in [0.2, 0.25) is 5.43 Å². The summed E-state index contributed by atoms with van der Waals surface area (Å²) in [6, 6.07) is 11.5. The number of rotatable bonds is 4. The number of likely N-dealkylation sites (tertiary alicyclic amines) is 1. The third kappa shape index (κ3) is 2.57. The second-order valence-corrected chi connectivity index (χ2v) is 7.55. The minimum Gasteiger partial charge on any atom is -0.338 e. The van der Waals surface area contributed by atoms with Gasteiger partial charge in [-0.05, 0) is 63.2 Å². The monoisotopic (exact) mass is 361 g/mol. The first-order valence-electron chi connectivity index (χ1n) is 9.86. The Morgan fingerprint density at radius 1 is 0.889 bits per heavy atom. The summed E-state index contributed by atoms with van der Waals surface area (Å²) in [5, 5.41) is 0.633. The maximum absolute atomic E-state index is 13.0. The lowest BCUT2D eigenvalue weighted by Gasteiger charge is -2.26. The number of para-hydroxylation sites is 1. The van der Waals surface area contributed by atoms with E-state index in [1.54, 1.807) is 10.8 Å². The van der Waals surface area contributed by atoms with Crippen LogP contribution in [0.15, 0.2) is 47.4 Å². The fourth-order valence-electron chi connectivity index (χ4n) is 4.60. The lowest BCUT2D eigenvalue weighted by Crippen LogP contribution is -2.31. The van der Waals surface area contributed by atoms with E-state index >= 15 is 0 Å². The van der Waals surface area contributed by atoms with Crippen molar-refractivity contribution in [1.29, 1.82) is 0 Å². The molecule has 0 N–H and O–H groups in total. The normalized spacial score (nSPS) is 16.7. The van der Waals surface area contributed by atoms with Gasteiger partial charge in [-0.2, -0.15) is 0 Å². The van der Waals surface area contributed by atoms with E-state index in [9.17, 15) is 9.59 Å². The van der Waals surface area contributed by atoms with E-state index in [0.29, 0.717) is 10.9 Å². The van der Waals surface area contributed by atoms with Crippen molar-refractivity contribution in [3.8, 4) is 11.4 Å². The van der Waals surface area contributed by atoms with Crippen LogP contribution in [0.4, 0.5) is 0 Å². The van der Waals surface area contributed by atoms with E-state index < -0.39 is 0 Å². The average molecular weight is 361 g/mol. The third-order valence-electron chi connectivity index (χ3n) is 5.90. The van der Waals surface area contributed by atoms with Crippen LogP contribution in [0.3, 0.4) is 0 Å². The molecule has 1 saturated heterocycles. The van der Waals surface area contributed by atoms with Crippen LogP contribution in [0.2, 0.25) is 0 Å². The van der Waals surface area contributed by atoms with E-state index in [1.165, 1.54) is 32.4 Å². The molecule has 2 aliphatic heterocycles. The largest absolute Gasteiger partial charge is 0.338 e. The molecular formula is C22H23N3O2. The fraction of sp³-hybridized carbons (Fsp3) is 0.364. The molecule has 0 atom stereocenters. The number of hydrogen-bond acceptors (Lipinski definition) is 3. The molecule has 5 nitrogen and oxygen atoms in total. The highest BCUT2D eigenvalue weighted by atomic mass is 16.2. The van der Waals surface area contributed by atoms with E-state index in [-0.39, 0.29) is 11.3 Å². The van der Waals surface area contributed by atoms with Crippen molar-refractivity contribution in [3.05, 3.63) is 58.4 Å². The lowest BCUT2D eigenvalue weighted by atomic mass is 10.1. The Balaban J connectivity index is 1.59. The second kappa shape index (κ2) is 6.50. The van der Waals surface area contributed by atoms with Crippen LogP contribution in [-0.4, -0.2) is 39.6 Å². The molecule has 3 aromatic rings. The van der Waals surface area contributed by atoms with Gasteiger partial charge in [0, 0.05) is 18.1 Å². The molecule has 1 aromatic carbocycles. The van der Waals surface area contributed by atoms with Gasteiger partial charge in [-0.25, -0.2) is 0 Å². The maximum Gasteiger partial charge on any atom is 0.268 e. The van der Waals surface area contributed by atoms with Gasteiger partial charge in [0.25, 0.3) is 5.91 Å². The average Bonchev–Trinajstić information content (AvgIpc) is 3.28. The number of hydrogen-bond donors (Lipinski definition) is 0. The van der Waals surface area contributed by atoms with Crippen molar-refractivity contribution in [2.75, 3.05) is 19.6 Å². The predicted octanol–water partition coefficient (Wildman–Crippen LogP) is 3.35. The molecule has 0 amide bonds. The molecule has 0 unspecified atom stereocenters. The van der Waals surface area contributed by atoms with E-state index in [1.807, 2.05) is 36.4 Å². The summed E-state index contributed by atoms with van der Waals surface area (Å²) in [7, 11) is 0. The zero-order valence-corrected chi connectivity index (χ0v) is 15.4. The predicted molar refractivity (Wildman–Crippen MR) is 106 cm³/mol. The first kappa shape index (κ1) is 16.5. The zero-order chi connectivity index (χ0) is 18.4. The van der Waals surface area contributed by atoms with Crippen molar-refractivity contribution < 1.29 is 4.79 Å². The van der Waals surface area contributed by atoms with Crippen LogP contribution in [0.5, 0.6) is 0 Å². The molecule has 2 aliphatic rings.